The van der Waals surface area contributed by atoms with Gasteiger partial charge in [0.25, 0.3) is 5.56 Å². The molecule has 7 nitrogen and oxygen atoms in total. The molecule has 0 atom stereocenters. The van der Waals surface area contributed by atoms with Crippen molar-refractivity contribution in [2.45, 2.75) is 12.6 Å². The van der Waals surface area contributed by atoms with Crippen molar-refractivity contribution < 1.29 is 0 Å². The van der Waals surface area contributed by atoms with Gasteiger partial charge in [-0.1, -0.05) is 11.3 Å². The van der Waals surface area contributed by atoms with Crippen LogP contribution in [0.1, 0.15) is 5.69 Å². The molecule has 112 valence electrons. The van der Waals surface area contributed by atoms with Gasteiger partial charge in [-0.2, -0.15) is 9.61 Å². The number of hydrogen-bond donors (Lipinski definition) is 1. The minimum absolute atomic E-state index is 0.0876. The number of nitrogens with zero attached hydrogens (tertiary/aromatic N) is 5. The lowest BCUT2D eigenvalue weighted by Gasteiger charge is -2.46. The molecule has 2 aliphatic rings. The van der Waals surface area contributed by atoms with Crippen molar-refractivity contribution in [3.63, 3.8) is 0 Å². The Kier molecular flexibility index (Phi) is 3.46. The summed E-state index contributed by atoms with van der Waals surface area (Å²) in [6.07, 6.45) is 0. The van der Waals surface area contributed by atoms with Crippen LogP contribution in [0.4, 0.5) is 0 Å². The molecule has 2 fully saturated rings. The van der Waals surface area contributed by atoms with E-state index in [-0.39, 0.29) is 5.56 Å². The Morgan fingerprint density at radius 3 is 2.95 bits per heavy atom. The Balaban J connectivity index is 1.39. The van der Waals surface area contributed by atoms with Crippen LogP contribution < -0.4 is 10.9 Å². The van der Waals surface area contributed by atoms with Crippen LogP contribution in [-0.2, 0) is 6.54 Å². The maximum Gasteiger partial charge on any atom is 0.275 e. The fourth-order valence-corrected chi connectivity index (χ4v) is 3.70. The predicted molar refractivity (Wildman–Crippen MR) is 80.6 cm³/mol. The third kappa shape index (κ3) is 2.59. The van der Waals surface area contributed by atoms with Crippen molar-refractivity contribution in [2.75, 3.05) is 39.3 Å². The normalized spacial score (nSPS) is 21.7. The van der Waals surface area contributed by atoms with Crippen LogP contribution in [0.15, 0.2) is 16.4 Å². The van der Waals surface area contributed by atoms with Gasteiger partial charge in [0.2, 0.25) is 4.96 Å². The first-order valence-corrected chi connectivity index (χ1v) is 8.17. The zero-order valence-electron chi connectivity index (χ0n) is 11.7. The number of fused-ring (bicyclic) bond motifs is 1. The van der Waals surface area contributed by atoms with Gasteiger partial charge in [0.15, 0.2) is 0 Å². The molecular formula is C13H18N6OS. The molecule has 1 N–H and O–H groups in total. The van der Waals surface area contributed by atoms with Crippen LogP contribution in [0.3, 0.4) is 0 Å². The standard InChI is InChI=1S/C13H18N6OS/c20-12-5-10(16-13-19(12)15-9-21-13)6-17-7-11(8-17)18-3-1-14-2-4-18/h5,9,11,14H,1-4,6-8H2. The topological polar surface area (TPSA) is 65.8 Å². The lowest BCUT2D eigenvalue weighted by atomic mass is 10.1. The zero-order chi connectivity index (χ0) is 14.2. The summed E-state index contributed by atoms with van der Waals surface area (Å²) in [5, 5.41) is 7.36. The van der Waals surface area contributed by atoms with E-state index in [0.29, 0.717) is 11.0 Å². The summed E-state index contributed by atoms with van der Waals surface area (Å²) < 4.78 is 1.35. The maximum atomic E-state index is 11.9. The van der Waals surface area contributed by atoms with Crippen molar-refractivity contribution in [3.05, 3.63) is 27.6 Å². The third-order valence-electron chi connectivity index (χ3n) is 4.23. The molecule has 2 saturated heterocycles. The largest absolute Gasteiger partial charge is 0.314 e. The van der Waals surface area contributed by atoms with Crippen molar-refractivity contribution in [1.29, 1.82) is 0 Å². The first kappa shape index (κ1) is 13.3. The van der Waals surface area contributed by atoms with Gasteiger partial charge >= 0.3 is 0 Å². The Morgan fingerprint density at radius 1 is 1.33 bits per heavy atom. The molecule has 2 aromatic rings. The number of rotatable bonds is 3. The summed E-state index contributed by atoms with van der Waals surface area (Å²) in [6.45, 7) is 7.38. The molecule has 0 radical (unpaired) electrons. The molecule has 0 unspecified atom stereocenters. The Labute approximate surface area is 126 Å². The van der Waals surface area contributed by atoms with E-state index < -0.39 is 0 Å². The summed E-state index contributed by atoms with van der Waals surface area (Å²) in [4.78, 5) is 22.0. The van der Waals surface area contributed by atoms with Gasteiger partial charge in [0.05, 0.1) is 5.69 Å². The fraction of sp³-hybridized carbons (Fsp3) is 0.615. The first-order chi connectivity index (χ1) is 10.3. The lowest BCUT2D eigenvalue weighted by Crippen LogP contribution is -2.62. The summed E-state index contributed by atoms with van der Waals surface area (Å²) in [5.74, 6) is 0. The molecule has 21 heavy (non-hydrogen) atoms. The number of nitrogens with one attached hydrogen (secondary N) is 1. The van der Waals surface area contributed by atoms with E-state index >= 15 is 0 Å². The Morgan fingerprint density at radius 2 is 2.14 bits per heavy atom. The molecule has 0 spiro atoms. The highest BCUT2D eigenvalue weighted by Crippen LogP contribution is 2.17. The van der Waals surface area contributed by atoms with Crippen molar-refractivity contribution >= 4 is 16.3 Å². The van der Waals surface area contributed by atoms with E-state index in [1.807, 2.05) is 0 Å². The maximum absolute atomic E-state index is 11.9. The predicted octanol–water partition coefficient (Wildman–Crippen LogP) is -0.760. The molecule has 0 aliphatic carbocycles. The summed E-state index contributed by atoms with van der Waals surface area (Å²) >= 11 is 1.40. The van der Waals surface area contributed by atoms with Crippen molar-refractivity contribution in [2.24, 2.45) is 0 Å². The Bertz CT molecular complexity index is 685. The molecule has 2 aromatic heterocycles. The van der Waals surface area contributed by atoms with E-state index in [1.54, 1.807) is 11.6 Å². The molecule has 0 amide bonds. The number of hydrogen-bond acceptors (Lipinski definition) is 7. The van der Waals surface area contributed by atoms with Gasteiger partial charge in [0, 0.05) is 57.9 Å². The van der Waals surface area contributed by atoms with E-state index in [4.69, 9.17) is 0 Å². The summed E-state index contributed by atoms with van der Waals surface area (Å²) in [5.41, 5.74) is 2.41. The Hall–Kier alpha value is -1.35. The van der Waals surface area contributed by atoms with Crippen LogP contribution in [0, 0.1) is 0 Å². The molecule has 4 rings (SSSR count). The van der Waals surface area contributed by atoms with Gasteiger partial charge in [0.1, 0.15) is 5.51 Å². The van der Waals surface area contributed by atoms with Gasteiger partial charge < -0.3 is 5.32 Å². The van der Waals surface area contributed by atoms with Gasteiger partial charge in [-0.05, 0) is 0 Å². The van der Waals surface area contributed by atoms with E-state index in [1.165, 1.54) is 15.9 Å². The molecular weight excluding hydrogens is 288 g/mol. The van der Waals surface area contributed by atoms with Crippen LogP contribution in [0.5, 0.6) is 0 Å². The quantitative estimate of drug-likeness (QED) is 0.804. The van der Waals surface area contributed by atoms with E-state index in [9.17, 15) is 4.79 Å². The van der Waals surface area contributed by atoms with Gasteiger partial charge in [-0.15, -0.1) is 0 Å². The second-order valence-electron chi connectivity index (χ2n) is 5.65. The van der Waals surface area contributed by atoms with Crippen LogP contribution >= 0.6 is 11.3 Å². The number of likely N-dealkylation sites (tertiary alicyclic amines) is 1. The van der Waals surface area contributed by atoms with Crippen LogP contribution in [-0.4, -0.2) is 69.7 Å². The summed E-state index contributed by atoms with van der Waals surface area (Å²) in [6, 6.07) is 2.27. The minimum Gasteiger partial charge on any atom is -0.314 e. The second kappa shape index (κ2) is 5.45. The monoisotopic (exact) mass is 306 g/mol. The molecule has 0 aromatic carbocycles. The SMILES string of the molecule is O=c1cc(CN2CC(N3CCNCC3)C2)nc2scnn12. The minimum atomic E-state index is -0.0876. The number of piperazine rings is 1. The summed E-state index contributed by atoms with van der Waals surface area (Å²) in [7, 11) is 0. The van der Waals surface area contributed by atoms with Crippen LogP contribution in [0.2, 0.25) is 0 Å². The van der Waals surface area contributed by atoms with Crippen molar-refractivity contribution in [1.82, 2.24) is 29.7 Å². The van der Waals surface area contributed by atoms with Crippen LogP contribution in [0.25, 0.3) is 4.96 Å². The molecule has 4 heterocycles. The zero-order valence-corrected chi connectivity index (χ0v) is 12.6. The van der Waals surface area contributed by atoms with Gasteiger partial charge in [-0.3, -0.25) is 14.6 Å². The highest BCUT2D eigenvalue weighted by Gasteiger charge is 2.32. The highest BCUT2D eigenvalue weighted by molar-refractivity contribution is 7.14. The van der Waals surface area contributed by atoms with Gasteiger partial charge in [-0.25, -0.2) is 4.98 Å². The smallest absolute Gasteiger partial charge is 0.275 e. The molecule has 8 heteroatoms. The first-order valence-electron chi connectivity index (χ1n) is 7.29. The molecule has 0 bridgehead atoms. The van der Waals surface area contributed by atoms with E-state index in [0.717, 1.165) is 51.5 Å². The van der Waals surface area contributed by atoms with Crippen molar-refractivity contribution in [3.8, 4) is 0 Å². The average Bonchev–Trinajstić information content (AvgIpc) is 2.92. The highest BCUT2D eigenvalue weighted by atomic mass is 32.1. The fourth-order valence-electron chi connectivity index (χ4n) is 3.06. The van der Waals surface area contributed by atoms with E-state index in [2.05, 4.69) is 25.2 Å². The lowest BCUT2D eigenvalue weighted by molar-refractivity contribution is 0.0216. The average molecular weight is 306 g/mol. The molecule has 2 aliphatic heterocycles. The second-order valence-corrected chi connectivity index (χ2v) is 6.46. The number of aromatic nitrogens is 3. The third-order valence-corrected chi connectivity index (χ3v) is 4.91. The molecule has 0 saturated carbocycles.